The number of amides is 1. The molecule has 0 unspecified atom stereocenters. The zero-order valence-corrected chi connectivity index (χ0v) is 11.6. The number of rotatable bonds is 3. The van der Waals surface area contributed by atoms with E-state index in [1.54, 1.807) is 12.1 Å². The van der Waals surface area contributed by atoms with Crippen molar-refractivity contribution in [3.63, 3.8) is 0 Å². The van der Waals surface area contributed by atoms with Gasteiger partial charge in [-0.15, -0.1) is 5.10 Å². The molecule has 0 radical (unpaired) electrons. The number of nitrogens with zero attached hydrogens (tertiary/aromatic N) is 3. The van der Waals surface area contributed by atoms with Gasteiger partial charge in [-0.05, 0) is 36.4 Å². The Hall–Kier alpha value is -2.41. The maximum Gasteiger partial charge on any atom is 0.243 e. The van der Waals surface area contributed by atoms with Crippen molar-refractivity contribution in [1.82, 2.24) is 0 Å². The number of furan rings is 1. The Balaban J connectivity index is 1.83. The van der Waals surface area contributed by atoms with Crippen LogP contribution in [-0.2, 0) is 4.79 Å². The Morgan fingerprint density at radius 3 is 2.81 bits per heavy atom. The van der Waals surface area contributed by atoms with Gasteiger partial charge in [-0.3, -0.25) is 9.69 Å². The maximum atomic E-state index is 13.0. The van der Waals surface area contributed by atoms with Crippen LogP contribution in [0.25, 0.3) is 0 Å². The molecule has 3 rings (SSSR count). The van der Waals surface area contributed by atoms with Crippen LogP contribution in [0.5, 0.6) is 0 Å². The Labute approximate surface area is 124 Å². The average Bonchev–Trinajstić information content (AvgIpc) is 3.11. The highest BCUT2D eigenvalue weighted by atomic mass is 32.2. The third-order valence-electron chi connectivity index (χ3n) is 2.72. The summed E-state index contributed by atoms with van der Waals surface area (Å²) < 4.78 is 18.1. The van der Waals surface area contributed by atoms with Crippen LogP contribution in [0.4, 0.5) is 10.1 Å². The minimum Gasteiger partial charge on any atom is -0.463 e. The molecule has 1 aromatic heterocycles. The van der Waals surface area contributed by atoms with E-state index in [1.165, 1.54) is 53.4 Å². The van der Waals surface area contributed by atoms with E-state index in [1.807, 2.05) is 0 Å². The minimum atomic E-state index is -0.354. The number of halogens is 1. The van der Waals surface area contributed by atoms with Crippen LogP contribution in [0.15, 0.2) is 57.3 Å². The van der Waals surface area contributed by atoms with E-state index in [-0.39, 0.29) is 17.5 Å². The van der Waals surface area contributed by atoms with Crippen molar-refractivity contribution in [1.29, 1.82) is 0 Å². The highest BCUT2D eigenvalue weighted by molar-refractivity contribution is 8.15. The lowest BCUT2D eigenvalue weighted by Gasteiger charge is -2.14. The summed E-state index contributed by atoms with van der Waals surface area (Å²) in [5, 5.41) is 8.39. The van der Waals surface area contributed by atoms with E-state index in [4.69, 9.17) is 4.42 Å². The Bertz CT molecular complexity index is 696. The first-order valence-electron chi connectivity index (χ1n) is 6.10. The van der Waals surface area contributed by atoms with Crippen LogP contribution in [0.3, 0.4) is 0 Å². The van der Waals surface area contributed by atoms with Gasteiger partial charge in [-0.25, -0.2) is 4.39 Å². The molecule has 1 amide bonds. The summed E-state index contributed by atoms with van der Waals surface area (Å²) in [6, 6.07) is 9.15. The van der Waals surface area contributed by atoms with Crippen molar-refractivity contribution in [2.24, 2.45) is 10.2 Å². The monoisotopic (exact) mass is 303 g/mol. The van der Waals surface area contributed by atoms with Gasteiger partial charge in [0.1, 0.15) is 11.6 Å². The normalized spacial score (nSPS) is 17.3. The van der Waals surface area contributed by atoms with Crippen LogP contribution in [0.1, 0.15) is 5.76 Å². The minimum absolute atomic E-state index is 0.112. The molecule has 7 heteroatoms. The predicted molar refractivity (Wildman–Crippen MR) is 80.1 cm³/mol. The molecule has 0 aliphatic carbocycles. The van der Waals surface area contributed by atoms with Gasteiger partial charge in [0, 0.05) is 0 Å². The standard InChI is InChI=1S/C14H10FN3O2S/c15-10-3-5-11(6-4-10)18-13(19)9-21-14(18)17-16-8-12-2-1-7-20-12/h1-8H,9H2/b16-8+,17-14+. The lowest BCUT2D eigenvalue weighted by molar-refractivity contribution is -0.115. The van der Waals surface area contributed by atoms with Crippen molar-refractivity contribution >= 4 is 34.7 Å². The molecule has 0 N–H and O–H groups in total. The summed E-state index contributed by atoms with van der Waals surface area (Å²) in [5.41, 5.74) is 0.568. The lowest BCUT2D eigenvalue weighted by Crippen LogP contribution is -2.29. The molecular weight excluding hydrogens is 293 g/mol. The zero-order chi connectivity index (χ0) is 14.7. The third-order valence-corrected chi connectivity index (χ3v) is 3.64. The average molecular weight is 303 g/mol. The van der Waals surface area contributed by atoms with E-state index in [9.17, 15) is 9.18 Å². The van der Waals surface area contributed by atoms with Crippen molar-refractivity contribution in [2.75, 3.05) is 10.7 Å². The summed E-state index contributed by atoms with van der Waals surface area (Å²) in [6.07, 6.45) is 2.99. The molecule has 1 saturated heterocycles. The summed E-state index contributed by atoms with van der Waals surface area (Å²) >= 11 is 1.28. The van der Waals surface area contributed by atoms with Crippen LogP contribution >= 0.6 is 11.8 Å². The summed E-state index contributed by atoms with van der Waals surface area (Å²) in [5.74, 6) is 0.389. The van der Waals surface area contributed by atoms with Gasteiger partial charge in [0.05, 0.1) is 23.9 Å². The molecule has 0 atom stereocenters. The largest absolute Gasteiger partial charge is 0.463 e. The molecule has 0 spiro atoms. The number of hydrogen-bond acceptors (Lipinski definition) is 5. The van der Waals surface area contributed by atoms with Crippen molar-refractivity contribution in [3.8, 4) is 0 Å². The molecule has 1 aromatic carbocycles. The van der Waals surface area contributed by atoms with Gasteiger partial charge < -0.3 is 4.42 Å². The topological polar surface area (TPSA) is 58.2 Å². The van der Waals surface area contributed by atoms with Crippen molar-refractivity contribution in [3.05, 3.63) is 54.2 Å². The molecular formula is C14H10FN3O2S. The van der Waals surface area contributed by atoms with Gasteiger partial charge in [-0.1, -0.05) is 11.8 Å². The fourth-order valence-electron chi connectivity index (χ4n) is 1.78. The van der Waals surface area contributed by atoms with Gasteiger partial charge in [0.25, 0.3) is 0 Å². The predicted octanol–water partition coefficient (Wildman–Crippen LogP) is 2.89. The zero-order valence-electron chi connectivity index (χ0n) is 10.8. The molecule has 1 aliphatic rings. The highest BCUT2D eigenvalue weighted by Gasteiger charge is 2.29. The Morgan fingerprint density at radius 1 is 1.29 bits per heavy atom. The van der Waals surface area contributed by atoms with Gasteiger partial charge in [0.2, 0.25) is 5.91 Å². The van der Waals surface area contributed by atoms with Gasteiger partial charge in [-0.2, -0.15) is 5.10 Å². The maximum absolute atomic E-state index is 13.0. The summed E-state index contributed by atoms with van der Waals surface area (Å²) in [7, 11) is 0. The van der Waals surface area contributed by atoms with Crippen LogP contribution in [0.2, 0.25) is 0 Å². The second-order valence-electron chi connectivity index (χ2n) is 4.14. The molecule has 0 saturated carbocycles. The van der Waals surface area contributed by atoms with Crippen LogP contribution in [-0.4, -0.2) is 23.0 Å². The van der Waals surface area contributed by atoms with E-state index >= 15 is 0 Å². The molecule has 1 aliphatic heterocycles. The van der Waals surface area contributed by atoms with E-state index in [0.717, 1.165) is 0 Å². The number of benzene rings is 1. The summed E-state index contributed by atoms with van der Waals surface area (Å²) in [6.45, 7) is 0. The second kappa shape index (κ2) is 5.92. The third kappa shape index (κ3) is 3.03. The molecule has 5 nitrogen and oxygen atoms in total. The number of hydrogen-bond donors (Lipinski definition) is 0. The van der Waals surface area contributed by atoms with Crippen LogP contribution in [0, 0.1) is 5.82 Å². The molecule has 0 bridgehead atoms. The molecule has 2 aromatic rings. The quantitative estimate of drug-likeness (QED) is 0.647. The smallest absolute Gasteiger partial charge is 0.243 e. The first-order chi connectivity index (χ1) is 10.2. The number of amidine groups is 1. The highest BCUT2D eigenvalue weighted by Crippen LogP contribution is 2.26. The van der Waals surface area contributed by atoms with E-state index in [0.29, 0.717) is 16.6 Å². The first-order valence-corrected chi connectivity index (χ1v) is 7.08. The fourth-order valence-corrected chi connectivity index (χ4v) is 2.60. The van der Waals surface area contributed by atoms with E-state index in [2.05, 4.69) is 10.2 Å². The number of anilines is 1. The number of thioether (sulfide) groups is 1. The molecule has 1 fully saturated rings. The lowest BCUT2D eigenvalue weighted by atomic mass is 10.3. The van der Waals surface area contributed by atoms with E-state index < -0.39 is 0 Å². The molecule has 106 valence electrons. The number of carbonyl (C=O) groups is 1. The van der Waals surface area contributed by atoms with Gasteiger partial charge >= 0.3 is 0 Å². The summed E-state index contributed by atoms with van der Waals surface area (Å²) in [4.78, 5) is 13.3. The second-order valence-corrected chi connectivity index (χ2v) is 5.08. The van der Waals surface area contributed by atoms with Crippen molar-refractivity contribution in [2.45, 2.75) is 0 Å². The van der Waals surface area contributed by atoms with Crippen molar-refractivity contribution < 1.29 is 13.6 Å². The first kappa shape index (κ1) is 13.6. The Morgan fingerprint density at radius 2 is 2.10 bits per heavy atom. The molecule has 21 heavy (non-hydrogen) atoms. The SMILES string of the molecule is O=C1CS/C(=N/N=C/c2ccco2)N1c1ccc(F)cc1. The fraction of sp³-hybridized carbons (Fsp3) is 0.0714. The Kier molecular flexibility index (Phi) is 3.83. The number of carbonyl (C=O) groups excluding carboxylic acids is 1. The van der Waals surface area contributed by atoms with Gasteiger partial charge in [0.15, 0.2) is 5.17 Å². The molecule has 2 heterocycles. The van der Waals surface area contributed by atoms with Crippen LogP contribution < -0.4 is 4.90 Å².